The minimum Gasteiger partial charge on any atom is -0.467 e. The molecule has 1 N–H and O–H groups in total. The lowest BCUT2D eigenvalue weighted by Crippen LogP contribution is -2.28. The van der Waals surface area contributed by atoms with Crippen LogP contribution in [0.3, 0.4) is 0 Å². The zero-order chi connectivity index (χ0) is 7.28. The maximum absolute atomic E-state index is 12.3. The third kappa shape index (κ3) is 3.03. The summed E-state index contributed by atoms with van der Waals surface area (Å²) in [6.45, 7) is 0.00662. The molecule has 0 aromatic heterocycles. The summed E-state index contributed by atoms with van der Waals surface area (Å²) in [5, 5.41) is 2.51. The lowest BCUT2D eigenvalue weighted by atomic mass is 10.4. The molecule has 0 amide bonds. The maximum atomic E-state index is 12.3. The first-order valence-corrected chi connectivity index (χ1v) is 2.59. The van der Waals surface area contributed by atoms with Gasteiger partial charge in [0, 0.05) is 6.54 Å². The van der Waals surface area contributed by atoms with Crippen molar-refractivity contribution in [3.05, 3.63) is 0 Å². The van der Waals surface area contributed by atoms with Gasteiger partial charge in [0.2, 0.25) is 6.17 Å². The van der Waals surface area contributed by atoms with Crippen molar-refractivity contribution in [2.24, 2.45) is 0 Å². The van der Waals surface area contributed by atoms with Gasteiger partial charge in [-0.2, -0.15) is 0 Å². The van der Waals surface area contributed by atoms with Crippen LogP contribution in [-0.4, -0.2) is 32.8 Å². The Hall–Kier alpha value is -0.640. The van der Waals surface area contributed by atoms with Crippen molar-refractivity contribution in [1.29, 1.82) is 0 Å². The Kier molecular flexibility index (Phi) is 3.96. The second kappa shape index (κ2) is 4.26. The minimum absolute atomic E-state index is 0.00662. The van der Waals surface area contributed by atoms with E-state index in [1.165, 1.54) is 0 Å². The molecule has 0 heterocycles. The molecule has 4 heteroatoms. The van der Waals surface area contributed by atoms with Gasteiger partial charge in [-0.1, -0.05) is 0 Å². The van der Waals surface area contributed by atoms with Crippen LogP contribution in [0.2, 0.25) is 0 Å². The number of carbonyl (C=O) groups is 1. The second-order valence-electron chi connectivity index (χ2n) is 1.55. The summed E-state index contributed by atoms with van der Waals surface area (Å²) in [5.74, 6) is -0.829. The molecule has 54 valence electrons. The number of hydrogen-bond donors (Lipinski definition) is 1. The monoisotopic (exact) mass is 135 g/mol. The Morgan fingerprint density at radius 2 is 2.44 bits per heavy atom. The van der Waals surface area contributed by atoms with Crippen molar-refractivity contribution in [1.82, 2.24) is 5.32 Å². The van der Waals surface area contributed by atoms with Gasteiger partial charge in [0.15, 0.2) is 0 Å². The standard InChI is InChI=1S/C5H10FNO2/c1-7-3-4(6)5(8)9-2/h4,7H,3H2,1-2H3. The number of methoxy groups -OCH3 is 1. The molecule has 9 heavy (non-hydrogen) atoms. The fraction of sp³-hybridized carbons (Fsp3) is 0.800. The van der Waals surface area contributed by atoms with Crippen LogP contribution in [0.15, 0.2) is 0 Å². The van der Waals surface area contributed by atoms with Crippen LogP contribution >= 0.6 is 0 Å². The topological polar surface area (TPSA) is 38.3 Å². The number of esters is 1. The van der Waals surface area contributed by atoms with Gasteiger partial charge in [-0.05, 0) is 7.05 Å². The molecule has 0 bridgehead atoms. The van der Waals surface area contributed by atoms with Crippen LogP contribution in [-0.2, 0) is 9.53 Å². The fourth-order valence-electron chi connectivity index (χ4n) is 0.390. The lowest BCUT2D eigenvalue weighted by molar-refractivity contribution is -0.146. The Morgan fingerprint density at radius 3 is 2.78 bits per heavy atom. The molecule has 0 rings (SSSR count). The smallest absolute Gasteiger partial charge is 0.341 e. The molecule has 1 unspecified atom stereocenters. The fourth-order valence-corrected chi connectivity index (χ4v) is 0.390. The van der Waals surface area contributed by atoms with Crippen molar-refractivity contribution >= 4 is 5.97 Å². The van der Waals surface area contributed by atoms with E-state index in [4.69, 9.17) is 0 Å². The van der Waals surface area contributed by atoms with Gasteiger partial charge in [0.1, 0.15) is 0 Å². The number of hydrogen-bond acceptors (Lipinski definition) is 3. The highest BCUT2D eigenvalue weighted by Crippen LogP contribution is 1.89. The molecule has 0 saturated heterocycles. The van der Waals surface area contributed by atoms with E-state index in [2.05, 4.69) is 10.1 Å². The predicted molar refractivity (Wildman–Crippen MR) is 30.8 cm³/mol. The van der Waals surface area contributed by atoms with Gasteiger partial charge < -0.3 is 10.1 Å². The Bertz CT molecular complexity index is 97.0. The summed E-state index contributed by atoms with van der Waals surface area (Å²) in [5.41, 5.74) is 0. The predicted octanol–water partition coefficient (Wildman–Crippen LogP) is -0.283. The second-order valence-corrected chi connectivity index (χ2v) is 1.55. The molecule has 0 aromatic rings. The molecule has 0 aliphatic carbocycles. The highest BCUT2D eigenvalue weighted by atomic mass is 19.1. The van der Waals surface area contributed by atoms with E-state index in [0.717, 1.165) is 7.11 Å². The average Bonchev–Trinajstić information content (AvgIpc) is 1.87. The molecule has 3 nitrogen and oxygen atoms in total. The minimum atomic E-state index is -1.54. The van der Waals surface area contributed by atoms with Crippen LogP contribution in [0.5, 0.6) is 0 Å². The largest absolute Gasteiger partial charge is 0.467 e. The summed E-state index contributed by atoms with van der Waals surface area (Å²) >= 11 is 0. The highest BCUT2D eigenvalue weighted by Gasteiger charge is 2.15. The number of nitrogens with one attached hydrogen (secondary N) is 1. The van der Waals surface area contributed by atoms with Crippen LogP contribution < -0.4 is 5.32 Å². The summed E-state index contributed by atoms with van der Waals surface area (Å²) in [4.78, 5) is 10.3. The third-order valence-corrected chi connectivity index (χ3v) is 0.840. The van der Waals surface area contributed by atoms with Crippen LogP contribution in [0.4, 0.5) is 4.39 Å². The molecule has 0 aliphatic heterocycles. The quantitative estimate of drug-likeness (QED) is 0.541. The Balaban J connectivity index is 3.45. The van der Waals surface area contributed by atoms with Gasteiger partial charge in [-0.15, -0.1) is 0 Å². The molecule has 0 spiro atoms. The van der Waals surface area contributed by atoms with Gasteiger partial charge in [0.05, 0.1) is 7.11 Å². The summed E-state index contributed by atoms with van der Waals surface area (Å²) in [6, 6.07) is 0. The number of halogens is 1. The van der Waals surface area contributed by atoms with Crippen molar-refractivity contribution in [3.8, 4) is 0 Å². The van der Waals surface area contributed by atoms with Gasteiger partial charge in [-0.25, -0.2) is 9.18 Å². The molecule has 0 aliphatic rings. The van der Waals surface area contributed by atoms with Gasteiger partial charge >= 0.3 is 5.97 Å². The average molecular weight is 135 g/mol. The highest BCUT2D eigenvalue weighted by molar-refractivity contribution is 5.74. The van der Waals surface area contributed by atoms with Crippen molar-refractivity contribution in [2.45, 2.75) is 6.17 Å². The van der Waals surface area contributed by atoms with Crippen LogP contribution in [0, 0.1) is 0 Å². The number of rotatable bonds is 3. The Labute approximate surface area is 53.2 Å². The number of alkyl halides is 1. The van der Waals surface area contributed by atoms with E-state index in [0.29, 0.717) is 0 Å². The van der Waals surface area contributed by atoms with Gasteiger partial charge in [0.25, 0.3) is 0 Å². The van der Waals surface area contributed by atoms with E-state index in [1.54, 1.807) is 7.05 Å². The van der Waals surface area contributed by atoms with E-state index >= 15 is 0 Å². The molecule has 0 aromatic carbocycles. The van der Waals surface area contributed by atoms with E-state index in [-0.39, 0.29) is 6.54 Å². The normalized spacial score (nSPS) is 12.8. The van der Waals surface area contributed by atoms with Crippen molar-refractivity contribution < 1.29 is 13.9 Å². The SMILES string of the molecule is CNCC(F)C(=O)OC. The first-order valence-electron chi connectivity index (χ1n) is 2.59. The first kappa shape index (κ1) is 8.36. The molecule has 0 fully saturated rings. The maximum Gasteiger partial charge on any atom is 0.341 e. The van der Waals surface area contributed by atoms with E-state index < -0.39 is 12.1 Å². The zero-order valence-electron chi connectivity index (χ0n) is 5.48. The molecule has 0 radical (unpaired) electrons. The third-order valence-electron chi connectivity index (χ3n) is 0.840. The molecule has 1 atom stereocenters. The first-order chi connectivity index (χ1) is 4.22. The molecular weight excluding hydrogens is 125 g/mol. The number of ether oxygens (including phenoxy) is 1. The summed E-state index contributed by atoms with van der Waals surface area (Å²) in [7, 11) is 2.72. The zero-order valence-corrected chi connectivity index (χ0v) is 5.48. The van der Waals surface area contributed by atoms with Gasteiger partial charge in [-0.3, -0.25) is 0 Å². The van der Waals surface area contributed by atoms with Crippen LogP contribution in [0.1, 0.15) is 0 Å². The van der Waals surface area contributed by atoms with Crippen molar-refractivity contribution in [2.75, 3.05) is 20.7 Å². The molecular formula is C5H10FNO2. The summed E-state index contributed by atoms with van der Waals surface area (Å²) < 4.78 is 16.4. The van der Waals surface area contributed by atoms with E-state index in [1.807, 2.05) is 0 Å². The number of carbonyl (C=O) groups excluding carboxylic acids is 1. The van der Waals surface area contributed by atoms with Crippen LogP contribution in [0.25, 0.3) is 0 Å². The summed E-state index contributed by atoms with van der Waals surface area (Å²) in [6.07, 6.45) is -1.54. The lowest BCUT2D eigenvalue weighted by Gasteiger charge is -2.02. The molecule has 0 saturated carbocycles. The Morgan fingerprint density at radius 1 is 1.89 bits per heavy atom. The van der Waals surface area contributed by atoms with E-state index in [9.17, 15) is 9.18 Å². The van der Waals surface area contributed by atoms with Crippen molar-refractivity contribution in [3.63, 3.8) is 0 Å².